The first-order valence-corrected chi connectivity index (χ1v) is 5.06. The van der Waals surface area contributed by atoms with Crippen molar-refractivity contribution in [3.05, 3.63) is 0 Å². The molecule has 0 radical (unpaired) electrons. The summed E-state index contributed by atoms with van der Waals surface area (Å²) in [5.41, 5.74) is 11.0. The van der Waals surface area contributed by atoms with E-state index in [0.29, 0.717) is 6.04 Å². The zero-order chi connectivity index (χ0) is 10.1. The maximum absolute atomic E-state index is 5.62. The van der Waals surface area contributed by atoms with Gasteiger partial charge in [-0.3, -0.25) is 0 Å². The molecule has 13 heavy (non-hydrogen) atoms. The van der Waals surface area contributed by atoms with E-state index >= 15 is 0 Å². The van der Waals surface area contributed by atoms with Gasteiger partial charge in [0.2, 0.25) is 0 Å². The van der Waals surface area contributed by atoms with Crippen LogP contribution in [0.3, 0.4) is 0 Å². The highest BCUT2D eigenvalue weighted by Gasteiger charge is 2.00. The fraction of sp³-hybridized carbons (Fsp3) is 1.00. The van der Waals surface area contributed by atoms with Gasteiger partial charge in [0.25, 0.3) is 0 Å². The molecule has 0 spiro atoms. The lowest BCUT2D eigenvalue weighted by Gasteiger charge is -2.15. The second kappa shape index (κ2) is 8.44. The Hall–Kier alpha value is -0.160. The number of nitrogens with two attached hydrogens (primary N) is 2. The van der Waals surface area contributed by atoms with Gasteiger partial charge in [-0.2, -0.15) is 0 Å². The Morgan fingerprint density at radius 3 is 2.46 bits per heavy atom. The average Bonchev–Trinajstić information content (AvgIpc) is 2.09. The highest BCUT2D eigenvalue weighted by Crippen LogP contribution is 1.80. The fourth-order valence-corrected chi connectivity index (χ4v) is 1.00. The van der Waals surface area contributed by atoms with Crippen LogP contribution in [0.25, 0.3) is 0 Å². The number of nitrogens with one attached hydrogen (secondary N) is 2. The van der Waals surface area contributed by atoms with Gasteiger partial charge in [-0.15, -0.1) is 0 Å². The van der Waals surface area contributed by atoms with Crippen LogP contribution >= 0.6 is 0 Å². The van der Waals surface area contributed by atoms with Gasteiger partial charge in [0, 0.05) is 25.2 Å². The van der Waals surface area contributed by atoms with Gasteiger partial charge in [0.15, 0.2) is 0 Å². The van der Waals surface area contributed by atoms with Crippen molar-refractivity contribution in [3.8, 4) is 0 Å². The minimum absolute atomic E-state index is 0.228. The highest BCUT2D eigenvalue weighted by molar-refractivity contribution is 4.67. The molecule has 0 rings (SSSR count). The van der Waals surface area contributed by atoms with Crippen LogP contribution in [-0.2, 0) is 0 Å². The molecule has 0 heterocycles. The first kappa shape index (κ1) is 12.8. The van der Waals surface area contributed by atoms with Crippen molar-refractivity contribution in [1.82, 2.24) is 10.6 Å². The van der Waals surface area contributed by atoms with Crippen LogP contribution in [0.4, 0.5) is 0 Å². The number of rotatable bonds is 8. The molecular weight excluding hydrogens is 164 g/mol. The zero-order valence-corrected chi connectivity index (χ0v) is 8.84. The molecule has 0 aliphatic rings. The normalized spacial score (nSPS) is 15.7. The Morgan fingerprint density at radius 2 is 1.92 bits per heavy atom. The van der Waals surface area contributed by atoms with Crippen LogP contribution in [0.5, 0.6) is 0 Å². The Morgan fingerprint density at radius 1 is 1.23 bits per heavy atom. The van der Waals surface area contributed by atoms with E-state index in [0.717, 1.165) is 32.6 Å². The summed E-state index contributed by atoms with van der Waals surface area (Å²) in [6.45, 7) is 7.77. The summed E-state index contributed by atoms with van der Waals surface area (Å²) < 4.78 is 0. The molecular formula is C9H24N4. The monoisotopic (exact) mass is 188 g/mol. The summed E-state index contributed by atoms with van der Waals surface area (Å²) in [4.78, 5) is 0. The summed E-state index contributed by atoms with van der Waals surface area (Å²) >= 11 is 0. The minimum atomic E-state index is 0.228. The molecule has 0 aliphatic carbocycles. The maximum Gasteiger partial charge on any atom is 0.0164 e. The molecule has 0 aromatic rings. The van der Waals surface area contributed by atoms with E-state index in [4.69, 9.17) is 11.5 Å². The molecule has 0 bridgehead atoms. The van der Waals surface area contributed by atoms with Crippen molar-refractivity contribution < 1.29 is 0 Å². The lowest BCUT2D eigenvalue weighted by molar-refractivity contribution is 0.481. The van der Waals surface area contributed by atoms with E-state index in [-0.39, 0.29) is 6.04 Å². The topological polar surface area (TPSA) is 76.1 Å². The van der Waals surface area contributed by atoms with Gasteiger partial charge in [-0.1, -0.05) is 0 Å². The van der Waals surface area contributed by atoms with E-state index < -0.39 is 0 Å². The summed E-state index contributed by atoms with van der Waals surface area (Å²) in [6.07, 6.45) is 1.04. The smallest absolute Gasteiger partial charge is 0.0164 e. The van der Waals surface area contributed by atoms with E-state index in [2.05, 4.69) is 17.6 Å². The molecule has 0 aromatic heterocycles. The summed E-state index contributed by atoms with van der Waals surface area (Å²) in [5, 5.41) is 6.67. The van der Waals surface area contributed by atoms with Gasteiger partial charge >= 0.3 is 0 Å². The molecule has 0 aromatic carbocycles. The first-order chi connectivity index (χ1) is 6.16. The fourth-order valence-electron chi connectivity index (χ4n) is 1.00. The van der Waals surface area contributed by atoms with E-state index in [1.54, 1.807) is 0 Å². The average molecular weight is 188 g/mol. The van der Waals surface area contributed by atoms with Crippen LogP contribution in [0, 0.1) is 0 Å². The molecule has 4 heteroatoms. The van der Waals surface area contributed by atoms with Crippen LogP contribution < -0.4 is 22.1 Å². The largest absolute Gasteiger partial charge is 0.330 e. The molecule has 0 saturated heterocycles. The van der Waals surface area contributed by atoms with Gasteiger partial charge < -0.3 is 22.1 Å². The third kappa shape index (κ3) is 9.76. The molecule has 6 N–H and O–H groups in total. The summed E-state index contributed by atoms with van der Waals surface area (Å²) in [7, 11) is 0. The predicted molar refractivity (Wildman–Crippen MR) is 57.7 cm³/mol. The van der Waals surface area contributed by atoms with Crippen LogP contribution in [0.1, 0.15) is 20.3 Å². The minimum Gasteiger partial charge on any atom is -0.330 e. The second-order valence-corrected chi connectivity index (χ2v) is 3.63. The standard InChI is InChI=1S/C9H24N4/c1-8(11)6-13-9(2)7-12-5-3-4-10/h8-9,12-13H,3-7,10-11H2,1-2H3. The summed E-state index contributed by atoms with van der Waals surface area (Å²) in [5.74, 6) is 0. The molecule has 2 unspecified atom stereocenters. The van der Waals surface area contributed by atoms with Crippen molar-refractivity contribution >= 4 is 0 Å². The third-order valence-corrected chi connectivity index (χ3v) is 1.80. The molecule has 2 atom stereocenters. The lowest BCUT2D eigenvalue weighted by Crippen LogP contribution is -2.42. The van der Waals surface area contributed by atoms with Crippen molar-refractivity contribution in [1.29, 1.82) is 0 Å². The van der Waals surface area contributed by atoms with Gasteiger partial charge in [0.1, 0.15) is 0 Å². The van der Waals surface area contributed by atoms with Crippen molar-refractivity contribution in [3.63, 3.8) is 0 Å². The molecule has 0 fully saturated rings. The first-order valence-electron chi connectivity index (χ1n) is 5.06. The Balaban J connectivity index is 3.15. The maximum atomic E-state index is 5.62. The van der Waals surface area contributed by atoms with Crippen molar-refractivity contribution in [2.45, 2.75) is 32.4 Å². The zero-order valence-electron chi connectivity index (χ0n) is 8.84. The van der Waals surface area contributed by atoms with Crippen LogP contribution in [0.2, 0.25) is 0 Å². The Kier molecular flexibility index (Phi) is 8.33. The van der Waals surface area contributed by atoms with Gasteiger partial charge in [-0.25, -0.2) is 0 Å². The quantitative estimate of drug-likeness (QED) is 0.378. The lowest BCUT2D eigenvalue weighted by atomic mass is 10.3. The van der Waals surface area contributed by atoms with Gasteiger partial charge in [-0.05, 0) is 33.4 Å². The predicted octanol–water partition coefficient (Wildman–Crippen LogP) is -0.750. The highest BCUT2D eigenvalue weighted by atomic mass is 15.0. The van der Waals surface area contributed by atoms with Crippen LogP contribution in [0.15, 0.2) is 0 Å². The molecule has 4 nitrogen and oxygen atoms in total. The summed E-state index contributed by atoms with van der Waals surface area (Å²) in [6, 6.07) is 0.704. The molecule has 0 aliphatic heterocycles. The Labute approximate surface area is 81.4 Å². The van der Waals surface area contributed by atoms with Crippen molar-refractivity contribution in [2.75, 3.05) is 26.2 Å². The van der Waals surface area contributed by atoms with E-state index in [1.807, 2.05) is 6.92 Å². The van der Waals surface area contributed by atoms with E-state index in [1.165, 1.54) is 0 Å². The Bertz CT molecular complexity index is 106. The van der Waals surface area contributed by atoms with E-state index in [9.17, 15) is 0 Å². The van der Waals surface area contributed by atoms with Crippen molar-refractivity contribution in [2.24, 2.45) is 11.5 Å². The third-order valence-electron chi connectivity index (χ3n) is 1.80. The molecule has 0 saturated carbocycles. The van der Waals surface area contributed by atoms with Crippen LogP contribution in [-0.4, -0.2) is 38.3 Å². The molecule has 0 amide bonds. The number of hydrogen-bond acceptors (Lipinski definition) is 4. The SMILES string of the molecule is CC(N)CNC(C)CNCCCN. The molecule has 80 valence electrons. The second-order valence-electron chi connectivity index (χ2n) is 3.63. The van der Waals surface area contributed by atoms with Gasteiger partial charge in [0.05, 0.1) is 0 Å². The number of hydrogen-bond donors (Lipinski definition) is 4.